The first-order chi connectivity index (χ1) is 16.3. The van der Waals surface area contributed by atoms with Crippen molar-refractivity contribution in [3.8, 4) is 0 Å². The van der Waals surface area contributed by atoms with Gasteiger partial charge in [0.1, 0.15) is 18.1 Å². The molecule has 1 rings (SSSR count). The van der Waals surface area contributed by atoms with E-state index < -0.39 is 48.0 Å². The number of hydrogen-bond acceptors (Lipinski definition) is 5. The monoisotopic (exact) mass is 493 g/mol. The lowest BCUT2D eigenvalue weighted by Gasteiger charge is -2.27. The highest BCUT2D eigenvalue weighted by Crippen LogP contribution is 2.08. The quantitative estimate of drug-likeness (QED) is 0.272. The van der Waals surface area contributed by atoms with Crippen molar-refractivity contribution in [3.05, 3.63) is 24.3 Å². The Morgan fingerprint density at radius 3 is 2.11 bits per heavy atom. The number of carboxylic acids is 1. The topological polar surface area (TPSA) is 166 Å². The molecule has 0 bridgehead atoms. The predicted molar refractivity (Wildman–Crippen MR) is 131 cm³/mol. The zero-order valence-electron chi connectivity index (χ0n) is 21.3. The van der Waals surface area contributed by atoms with Gasteiger partial charge in [0.05, 0.1) is 0 Å². The molecule has 35 heavy (non-hydrogen) atoms. The molecule has 1 aliphatic heterocycles. The van der Waals surface area contributed by atoms with Crippen molar-refractivity contribution in [2.75, 3.05) is 6.54 Å². The van der Waals surface area contributed by atoms with Crippen molar-refractivity contribution >= 4 is 29.7 Å². The van der Waals surface area contributed by atoms with Crippen molar-refractivity contribution in [3.63, 3.8) is 0 Å². The molecule has 0 aromatic rings. The molecule has 11 heteroatoms. The first kappa shape index (κ1) is 29.7. The Bertz CT molecular complexity index is 836. The van der Waals surface area contributed by atoms with Crippen LogP contribution in [-0.2, 0) is 19.2 Å². The van der Waals surface area contributed by atoms with Crippen molar-refractivity contribution in [1.29, 1.82) is 0 Å². The van der Waals surface area contributed by atoms with Crippen molar-refractivity contribution < 1.29 is 29.1 Å². The number of urea groups is 1. The summed E-state index contributed by atoms with van der Waals surface area (Å²) >= 11 is 0. The van der Waals surface area contributed by atoms with E-state index in [0.29, 0.717) is 13.0 Å². The van der Waals surface area contributed by atoms with Crippen LogP contribution in [0.2, 0.25) is 0 Å². The van der Waals surface area contributed by atoms with Crippen LogP contribution in [-0.4, -0.2) is 65.5 Å². The maximum Gasteiger partial charge on any atom is 0.326 e. The summed E-state index contributed by atoms with van der Waals surface area (Å²) in [6, 6.07) is -4.37. The van der Waals surface area contributed by atoms with Crippen LogP contribution < -0.4 is 26.6 Å². The second kappa shape index (κ2) is 14.1. The minimum absolute atomic E-state index is 0.0109. The van der Waals surface area contributed by atoms with Gasteiger partial charge in [0.25, 0.3) is 0 Å². The molecule has 4 atom stereocenters. The summed E-state index contributed by atoms with van der Waals surface area (Å²) in [6.07, 6.45) is 6.66. The van der Waals surface area contributed by atoms with Crippen molar-refractivity contribution in [2.45, 2.75) is 72.1 Å². The van der Waals surface area contributed by atoms with Crippen molar-refractivity contribution in [2.24, 2.45) is 17.8 Å². The van der Waals surface area contributed by atoms with Gasteiger partial charge in [0, 0.05) is 18.7 Å². The van der Waals surface area contributed by atoms with Crippen LogP contribution >= 0.6 is 0 Å². The minimum atomic E-state index is -1.18. The molecule has 5 amide bonds. The largest absolute Gasteiger partial charge is 0.480 e. The summed E-state index contributed by atoms with van der Waals surface area (Å²) in [4.78, 5) is 61.7. The van der Waals surface area contributed by atoms with E-state index in [2.05, 4.69) is 26.6 Å². The van der Waals surface area contributed by atoms with Crippen LogP contribution in [0.4, 0.5) is 4.79 Å². The lowest BCUT2D eigenvalue weighted by Crippen LogP contribution is -2.58. The fourth-order valence-electron chi connectivity index (χ4n) is 3.27. The summed E-state index contributed by atoms with van der Waals surface area (Å²) in [6.45, 7) is 10.9. The molecule has 0 saturated heterocycles. The molecule has 0 aromatic carbocycles. The molecule has 196 valence electrons. The van der Waals surface area contributed by atoms with Crippen LogP contribution in [0.15, 0.2) is 24.3 Å². The highest BCUT2D eigenvalue weighted by Gasteiger charge is 2.30. The third kappa shape index (κ3) is 10.2. The third-order valence-corrected chi connectivity index (χ3v) is 5.46. The van der Waals surface area contributed by atoms with Crippen LogP contribution in [0, 0.1) is 17.8 Å². The normalized spacial score (nSPS) is 22.7. The zero-order valence-corrected chi connectivity index (χ0v) is 21.3. The lowest BCUT2D eigenvalue weighted by molar-refractivity contribution is -0.140. The van der Waals surface area contributed by atoms with Gasteiger partial charge in [-0.2, -0.15) is 0 Å². The van der Waals surface area contributed by atoms with Gasteiger partial charge in [-0.25, -0.2) is 9.59 Å². The second-order valence-corrected chi connectivity index (χ2v) is 9.53. The number of carbonyl (C=O) groups is 5. The number of carbonyl (C=O) groups excluding carboxylic acids is 4. The van der Waals surface area contributed by atoms with Gasteiger partial charge < -0.3 is 31.7 Å². The van der Waals surface area contributed by atoms with E-state index in [1.807, 2.05) is 13.8 Å². The Hall–Kier alpha value is -3.37. The molecule has 11 nitrogen and oxygen atoms in total. The first-order valence-corrected chi connectivity index (χ1v) is 11.9. The van der Waals surface area contributed by atoms with E-state index in [1.54, 1.807) is 45.9 Å². The van der Waals surface area contributed by atoms with Gasteiger partial charge in [-0.05, 0) is 24.2 Å². The van der Waals surface area contributed by atoms with Crippen LogP contribution in [0.3, 0.4) is 0 Å². The number of amides is 5. The first-order valence-electron chi connectivity index (χ1n) is 11.9. The minimum Gasteiger partial charge on any atom is -0.480 e. The molecule has 6 N–H and O–H groups in total. The third-order valence-electron chi connectivity index (χ3n) is 5.46. The van der Waals surface area contributed by atoms with E-state index in [-0.39, 0.29) is 23.7 Å². The number of aliphatic carboxylic acids is 1. The Balaban J connectivity index is 3.01. The second-order valence-electron chi connectivity index (χ2n) is 9.53. The van der Waals surface area contributed by atoms with E-state index in [1.165, 1.54) is 6.08 Å². The van der Waals surface area contributed by atoms with E-state index in [0.717, 1.165) is 0 Å². The van der Waals surface area contributed by atoms with Gasteiger partial charge in [0.2, 0.25) is 17.7 Å². The van der Waals surface area contributed by atoms with E-state index in [4.69, 9.17) is 0 Å². The van der Waals surface area contributed by atoms with E-state index >= 15 is 0 Å². The van der Waals surface area contributed by atoms with Gasteiger partial charge in [-0.3, -0.25) is 14.4 Å². The van der Waals surface area contributed by atoms with Gasteiger partial charge in [0.15, 0.2) is 0 Å². The number of rotatable bonds is 8. The van der Waals surface area contributed by atoms with E-state index in [9.17, 15) is 29.1 Å². The molecule has 1 aliphatic rings. The SMILES string of the molecule is CC(C)[C@@H]1/C=C\C(=O)NCC/C=C\[C@H](NC(=O)[C@H](NC(=O)N[C@H](C(=O)O)C(C)C)C(C)C)C(=O)N1. The predicted octanol–water partition coefficient (Wildman–Crippen LogP) is 0.677. The lowest BCUT2D eigenvalue weighted by atomic mass is 10.0. The van der Waals surface area contributed by atoms with Crippen LogP contribution in [0.5, 0.6) is 0 Å². The van der Waals surface area contributed by atoms with Crippen LogP contribution in [0.1, 0.15) is 48.0 Å². The molecule has 0 radical (unpaired) electrons. The summed E-state index contributed by atoms with van der Waals surface area (Å²) < 4.78 is 0. The highest BCUT2D eigenvalue weighted by atomic mass is 16.4. The number of hydrogen-bond donors (Lipinski definition) is 6. The molecular formula is C24H39N5O6. The highest BCUT2D eigenvalue weighted by molar-refractivity contribution is 5.94. The molecule has 0 unspecified atom stereocenters. The Morgan fingerprint density at radius 2 is 1.57 bits per heavy atom. The van der Waals surface area contributed by atoms with Crippen molar-refractivity contribution in [1.82, 2.24) is 26.6 Å². The molecule has 1 heterocycles. The fourth-order valence-corrected chi connectivity index (χ4v) is 3.27. The Morgan fingerprint density at radius 1 is 0.971 bits per heavy atom. The average Bonchev–Trinajstić information content (AvgIpc) is 2.75. The summed E-state index contributed by atoms with van der Waals surface area (Å²) in [7, 11) is 0. The smallest absolute Gasteiger partial charge is 0.326 e. The Labute approximate surface area is 206 Å². The fraction of sp³-hybridized carbons (Fsp3) is 0.625. The number of nitrogens with one attached hydrogen (secondary N) is 5. The molecule has 0 fully saturated rings. The average molecular weight is 494 g/mol. The zero-order chi connectivity index (χ0) is 26.7. The Kier molecular flexibility index (Phi) is 12.0. The van der Waals surface area contributed by atoms with Crippen LogP contribution in [0.25, 0.3) is 0 Å². The summed E-state index contributed by atoms with van der Waals surface area (Å²) in [5.41, 5.74) is 0. The summed E-state index contributed by atoms with van der Waals surface area (Å²) in [5, 5.41) is 22.4. The standard InChI is InChI=1S/C24H39N5O6/c1-13(2)16-10-11-18(30)25-12-8-7-9-17(21(31)26-16)27-22(32)19(14(3)4)28-24(35)29-20(15(5)6)23(33)34/h7,9-11,13-17,19-20H,8,12H2,1-6H3,(H,25,30)(H,26,31)(H,27,32)(H,33,34)(H2,28,29,35)/b9-7-,11-10-/t16-,17-,19+,20-/m0/s1. The van der Waals surface area contributed by atoms with Gasteiger partial charge >= 0.3 is 12.0 Å². The van der Waals surface area contributed by atoms with Gasteiger partial charge in [-0.15, -0.1) is 0 Å². The molecule has 0 saturated carbocycles. The summed E-state index contributed by atoms with van der Waals surface area (Å²) in [5.74, 6) is -3.20. The molecule has 0 spiro atoms. The molecular weight excluding hydrogens is 454 g/mol. The molecule has 0 aliphatic carbocycles. The number of carboxylic acid groups (broad SMARTS) is 1. The molecule has 0 aromatic heterocycles. The maximum absolute atomic E-state index is 13.1. The maximum atomic E-state index is 13.1. The van der Waals surface area contributed by atoms with Gasteiger partial charge in [-0.1, -0.05) is 59.8 Å².